The molecule has 1 saturated heterocycles. The lowest BCUT2D eigenvalue weighted by Crippen LogP contribution is -2.36. The number of thiophene rings is 1. The highest BCUT2D eigenvalue weighted by molar-refractivity contribution is 7.20. The van der Waals surface area contributed by atoms with Crippen LogP contribution in [0.3, 0.4) is 0 Å². The summed E-state index contributed by atoms with van der Waals surface area (Å²) >= 11 is 1.49. The molecule has 5 nitrogen and oxygen atoms in total. The van der Waals surface area contributed by atoms with Gasteiger partial charge >= 0.3 is 5.97 Å². The van der Waals surface area contributed by atoms with Crippen molar-refractivity contribution < 1.29 is 14.7 Å². The highest BCUT2D eigenvalue weighted by Crippen LogP contribution is 2.26. The molecule has 0 bridgehead atoms. The molecular weight excluding hydrogens is 300 g/mol. The van der Waals surface area contributed by atoms with Crippen LogP contribution in [-0.2, 0) is 4.79 Å². The van der Waals surface area contributed by atoms with Gasteiger partial charge in [-0.25, -0.2) is 0 Å². The number of carboxylic acid groups (broad SMARTS) is 1. The van der Waals surface area contributed by atoms with Crippen LogP contribution in [0, 0.1) is 5.92 Å². The van der Waals surface area contributed by atoms with Crippen LogP contribution >= 0.6 is 11.3 Å². The summed E-state index contributed by atoms with van der Waals surface area (Å²) in [5.41, 5.74) is 0. The first kappa shape index (κ1) is 15.0. The Kier molecular flexibility index (Phi) is 4.40. The maximum absolute atomic E-state index is 12.7. The maximum Gasteiger partial charge on any atom is 0.303 e. The second-order valence-electron chi connectivity index (χ2n) is 5.57. The first-order chi connectivity index (χ1) is 10.6. The molecule has 0 aliphatic carbocycles. The third-order valence-electron chi connectivity index (χ3n) is 3.86. The predicted molar refractivity (Wildman–Crippen MR) is 86.3 cm³/mol. The van der Waals surface area contributed by atoms with E-state index in [1.165, 1.54) is 11.3 Å². The van der Waals surface area contributed by atoms with Crippen molar-refractivity contribution in [3.05, 3.63) is 35.2 Å². The van der Waals surface area contributed by atoms with E-state index in [9.17, 15) is 9.59 Å². The predicted octanol–water partition coefficient (Wildman–Crippen LogP) is 2.04. The minimum atomic E-state index is -0.817. The Labute approximate surface area is 132 Å². The number of nitrogens with zero attached hydrogens (tertiary/aromatic N) is 1. The minimum Gasteiger partial charge on any atom is -0.481 e. The third-order valence-corrected chi connectivity index (χ3v) is 4.96. The van der Waals surface area contributed by atoms with Crippen molar-refractivity contribution in [1.29, 1.82) is 0 Å². The van der Waals surface area contributed by atoms with Gasteiger partial charge in [-0.3, -0.25) is 9.59 Å². The molecule has 0 radical (unpaired) electrons. The van der Waals surface area contributed by atoms with Crippen LogP contribution in [0.25, 0.3) is 10.1 Å². The lowest BCUT2D eigenvalue weighted by Gasteiger charge is -2.22. The Bertz CT molecular complexity index is 665. The molecule has 1 amide bonds. The van der Waals surface area contributed by atoms with E-state index in [4.69, 9.17) is 5.11 Å². The summed E-state index contributed by atoms with van der Waals surface area (Å²) in [6.07, 6.45) is 0.0865. The smallest absolute Gasteiger partial charge is 0.303 e. The summed E-state index contributed by atoms with van der Waals surface area (Å²) in [6, 6.07) is 9.86. The summed E-state index contributed by atoms with van der Waals surface area (Å²) in [6.45, 7) is 2.45. The molecule has 3 rings (SSSR count). The Hall–Kier alpha value is -1.92. The molecule has 0 spiro atoms. The number of rotatable bonds is 3. The van der Waals surface area contributed by atoms with E-state index in [-0.39, 0.29) is 18.2 Å². The summed E-state index contributed by atoms with van der Waals surface area (Å²) in [7, 11) is 0. The van der Waals surface area contributed by atoms with Crippen LogP contribution in [0.2, 0.25) is 0 Å². The number of hydrogen-bond acceptors (Lipinski definition) is 4. The molecule has 1 aromatic carbocycles. The van der Waals surface area contributed by atoms with E-state index in [0.29, 0.717) is 26.2 Å². The van der Waals surface area contributed by atoms with E-state index < -0.39 is 5.97 Å². The van der Waals surface area contributed by atoms with Gasteiger partial charge in [-0.15, -0.1) is 11.3 Å². The number of hydrogen-bond donors (Lipinski definition) is 2. The Morgan fingerprint density at radius 2 is 2.18 bits per heavy atom. The topological polar surface area (TPSA) is 69.6 Å². The van der Waals surface area contributed by atoms with Gasteiger partial charge in [0.05, 0.1) is 11.3 Å². The lowest BCUT2D eigenvalue weighted by molar-refractivity contribution is -0.138. The number of carbonyl (C=O) groups excluding carboxylic acids is 1. The first-order valence-electron chi connectivity index (χ1n) is 7.34. The van der Waals surface area contributed by atoms with E-state index in [0.717, 1.165) is 15.0 Å². The Morgan fingerprint density at radius 3 is 2.95 bits per heavy atom. The lowest BCUT2D eigenvalue weighted by atomic mass is 10.1. The fourth-order valence-electron chi connectivity index (χ4n) is 2.80. The average Bonchev–Trinajstić information content (AvgIpc) is 2.79. The molecule has 1 aliphatic heterocycles. The average molecular weight is 318 g/mol. The van der Waals surface area contributed by atoms with Crippen LogP contribution in [0.5, 0.6) is 0 Å². The number of nitrogens with one attached hydrogen (secondary N) is 1. The summed E-state index contributed by atoms with van der Waals surface area (Å²) in [5, 5.41) is 13.3. The van der Waals surface area contributed by atoms with Crippen molar-refractivity contribution in [3.63, 3.8) is 0 Å². The number of amides is 1. The zero-order valence-electron chi connectivity index (χ0n) is 12.1. The highest BCUT2D eigenvalue weighted by Gasteiger charge is 2.25. The van der Waals surface area contributed by atoms with E-state index in [1.807, 2.05) is 30.3 Å². The van der Waals surface area contributed by atoms with Crippen molar-refractivity contribution in [1.82, 2.24) is 10.2 Å². The van der Waals surface area contributed by atoms with Crippen LogP contribution in [0.1, 0.15) is 16.1 Å². The fourth-order valence-corrected chi connectivity index (χ4v) is 3.83. The van der Waals surface area contributed by atoms with Gasteiger partial charge < -0.3 is 15.3 Å². The van der Waals surface area contributed by atoms with Crippen molar-refractivity contribution in [2.75, 3.05) is 26.2 Å². The zero-order chi connectivity index (χ0) is 15.5. The largest absolute Gasteiger partial charge is 0.481 e. The van der Waals surface area contributed by atoms with E-state index in [1.54, 1.807) is 4.90 Å². The van der Waals surface area contributed by atoms with Crippen LogP contribution in [0.15, 0.2) is 30.3 Å². The molecule has 6 heteroatoms. The van der Waals surface area contributed by atoms with Gasteiger partial charge in [0.1, 0.15) is 0 Å². The molecule has 1 aliphatic rings. The van der Waals surface area contributed by atoms with Gasteiger partial charge in [-0.1, -0.05) is 18.2 Å². The van der Waals surface area contributed by atoms with Gasteiger partial charge in [0, 0.05) is 30.9 Å². The van der Waals surface area contributed by atoms with Crippen LogP contribution < -0.4 is 5.32 Å². The molecule has 2 aromatic rings. The SMILES string of the molecule is O=C(O)C[C@@H]1CNCCN(C(=O)c2cc3ccccc3s2)C1. The molecule has 0 unspecified atom stereocenters. The normalized spacial score (nSPS) is 19.1. The van der Waals surface area contributed by atoms with Crippen molar-refractivity contribution in [2.24, 2.45) is 5.92 Å². The second-order valence-corrected chi connectivity index (χ2v) is 6.65. The fraction of sp³-hybridized carbons (Fsp3) is 0.375. The summed E-state index contributed by atoms with van der Waals surface area (Å²) < 4.78 is 1.10. The van der Waals surface area contributed by atoms with Gasteiger partial charge in [0.25, 0.3) is 5.91 Å². The van der Waals surface area contributed by atoms with Crippen LogP contribution in [-0.4, -0.2) is 48.1 Å². The molecule has 1 aromatic heterocycles. The number of aliphatic carboxylic acids is 1. The quantitative estimate of drug-likeness (QED) is 0.908. The standard InChI is InChI=1S/C16H18N2O3S/c19-15(20)7-11-9-17-5-6-18(10-11)16(21)14-8-12-3-1-2-4-13(12)22-14/h1-4,8,11,17H,5-7,9-10H2,(H,19,20)/t11-/m1/s1. The molecule has 2 N–H and O–H groups in total. The highest BCUT2D eigenvalue weighted by atomic mass is 32.1. The number of carboxylic acids is 1. The van der Waals surface area contributed by atoms with Crippen molar-refractivity contribution in [2.45, 2.75) is 6.42 Å². The Morgan fingerprint density at radius 1 is 1.36 bits per heavy atom. The van der Waals surface area contributed by atoms with Gasteiger partial charge in [0.2, 0.25) is 0 Å². The van der Waals surface area contributed by atoms with Crippen molar-refractivity contribution >= 4 is 33.3 Å². The number of fused-ring (bicyclic) bond motifs is 1. The molecular formula is C16H18N2O3S. The maximum atomic E-state index is 12.7. The summed E-state index contributed by atoms with van der Waals surface area (Å²) in [5.74, 6) is -0.860. The van der Waals surface area contributed by atoms with E-state index >= 15 is 0 Å². The molecule has 22 heavy (non-hydrogen) atoms. The molecule has 1 atom stereocenters. The molecule has 1 fully saturated rings. The van der Waals surface area contributed by atoms with Crippen LogP contribution in [0.4, 0.5) is 0 Å². The monoisotopic (exact) mass is 318 g/mol. The summed E-state index contributed by atoms with van der Waals surface area (Å²) in [4.78, 5) is 26.1. The van der Waals surface area contributed by atoms with E-state index in [2.05, 4.69) is 5.32 Å². The molecule has 2 heterocycles. The van der Waals surface area contributed by atoms with Crippen molar-refractivity contribution in [3.8, 4) is 0 Å². The van der Waals surface area contributed by atoms with Gasteiger partial charge in [-0.05, 0) is 23.4 Å². The second kappa shape index (κ2) is 6.46. The Balaban J connectivity index is 1.78. The first-order valence-corrected chi connectivity index (χ1v) is 8.15. The number of benzene rings is 1. The third kappa shape index (κ3) is 3.28. The van der Waals surface area contributed by atoms with Gasteiger partial charge in [-0.2, -0.15) is 0 Å². The number of carbonyl (C=O) groups is 2. The van der Waals surface area contributed by atoms with Gasteiger partial charge in [0.15, 0.2) is 0 Å². The molecule has 0 saturated carbocycles. The molecule has 116 valence electrons. The minimum absolute atomic E-state index is 0.000267. The zero-order valence-corrected chi connectivity index (χ0v) is 12.9.